The lowest BCUT2D eigenvalue weighted by molar-refractivity contribution is -0.167. The van der Waals surface area contributed by atoms with Crippen LogP contribution in [0.3, 0.4) is 0 Å². The van der Waals surface area contributed by atoms with Gasteiger partial charge in [0.2, 0.25) is 23.6 Å². The molecule has 9 heterocycles. The number of aliphatic hydroxyl groups excluding tert-OH is 1. The smallest absolute Gasteiger partial charge is 0.407 e. The van der Waals surface area contributed by atoms with Crippen molar-refractivity contribution in [2.75, 3.05) is 127 Å². The number of piperazine rings is 2. The molecule has 4 saturated heterocycles. The Morgan fingerprint density at radius 3 is 2.14 bits per heavy atom. The summed E-state index contributed by atoms with van der Waals surface area (Å²) in [6.45, 7) is 19.1. The molecule has 6 aliphatic heterocycles. The number of amides is 5. The van der Waals surface area contributed by atoms with Crippen LogP contribution in [0.2, 0.25) is 0 Å². The number of methoxy groups -OCH3 is 1. The van der Waals surface area contributed by atoms with Crippen molar-refractivity contribution >= 4 is 74.8 Å². The molecule has 1 saturated carbocycles. The number of alkyl carbamates (subject to hydrolysis) is 1. The number of sulfone groups is 1. The van der Waals surface area contributed by atoms with Crippen LogP contribution in [-0.4, -0.2) is 259 Å². The average molecular weight is 1770 g/mol. The van der Waals surface area contributed by atoms with Crippen LogP contribution >= 0.6 is 0 Å². The Kier molecular flexibility index (Phi) is 35.1. The number of benzene rings is 2. The van der Waals surface area contributed by atoms with Crippen molar-refractivity contribution < 1.29 is 80.3 Å². The fourth-order valence-electron chi connectivity index (χ4n) is 17.8. The molecular formula is C95H128N14O17S. The van der Waals surface area contributed by atoms with Crippen LogP contribution < -0.4 is 30.9 Å². The second kappa shape index (κ2) is 46.6. The van der Waals surface area contributed by atoms with Gasteiger partial charge in [-0.15, -0.1) is 0 Å². The lowest BCUT2D eigenvalue weighted by Gasteiger charge is -2.36. The van der Waals surface area contributed by atoms with Crippen LogP contribution in [0.15, 0.2) is 132 Å². The van der Waals surface area contributed by atoms with E-state index in [1.807, 2.05) is 90.1 Å². The summed E-state index contributed by atoms with van der Waals surface area (Å²) in [6, 6.07) is 12.9. The second-order valence-corrected chi connectivity index (χ2v) is 37.2. The Morgan fingerprint density at radius 2 is 1.42 bits per heavy atom. The van der Waals surface area contributed by atoms with Gasteiger partial charge in [0.15, 0.2) is 9.84 Å². The summed E-state index contributed by atoms with van der Waals surface area (Å²) in [5.74, 6) is -0.763. The number of anilines is 3. The summed E-state index contributed by atoms with van der Waals surface area (Å²) in [5, 5.41) is 16.8. The third-order valence-corrected chi connectivity index (χ3v) is 27.3. The molecule has 3 aromatic heterocycles. The number of ether oxygens (including phenoxy) is 6. The number of nitrogens with zero attached hydrogens (tertiary/aromatic N) is 11. The third-order valence-electron chi connectivity index (χ3n) is 25.6. The van der Waals surface area contributed by atoms with E-state index in [4.69, 9.17) is 34.2 Å². The van der Waals surface area contributed by atoms with Gasteiger partial charge >= 0.3 is 12.1 Å². The molecule has 127 heavy (non-hydrogen) atoms. The number of carbonyl (C=O) groups excluding carboxylic acids is 8. The maximum absolute atomic E-state index is 14.5. The van der Waals surface area contributed by atoms with Crippen molar-refractivity contribution in [2.45, 2.75) is 218 Å². The molecular weight excluding hydrogens is 1640 g/mol. The molecule has 2 bridgehead atoms. The van der Waals surface area contributed by atoms with E-state index in [0.717, 1.165) is 61.0 Å². The van der Waals surface area contributed by atoms with E-state index >= 15 is 0 Å². The number of esters is 1. The summed E-state index contributed by atoms with van der Waals surface area (Å²) in [6.07, 6.45) is 26.5. The van der Waals surface area contributed by atoms with Crippen LogP contribution in [0.4, 0.5) is 22.5 Å². The Bertz CT molecular complexity index is 4820. The number of piperidine rings is 1. The van der Waals surface area contributed by atoms with E-state index in [2.05, 4.69) is 60.4 Å². The maximum atomic E-state index is 14.5. The minimum Gasteiger partial charge on any atom is -0.491 e. The number of aryl methyl sites for hydroxylation is 1. The molecule has 2 aromatic carbocycles. The van der Waals surface area contributed by atoms with Crippen LogP contribution in [0.25, 0.3) is 11.1 Å². The van der Waals surface area contributed by atoms with Crippen molar-refractivity contribution in [3.05, 3.63) is 155 Å². The van der Waals surface area contributed by atoms with E-state index in [1.54, 1.807) is 43.6 Å². The predicted molar refractivity (Wildman–Crippen MR) is 480 cm³/mol. The number of hydrogen-bond donors (Lipinski definition) is 4. The largest absolute Gasteiger partial charge is 0.491 e. The van der Waals surface area contributed by atoms with E-state index in [-0.39, 0.29) is 108 Å². The van der Waals surface area contributed by atoms with Gasteiger partial charge in [-0.05, 0) is 200 Å². The number of fused-ring (bicyclic) bond motifs is 4. The van der Waals surface area contributed by atoms with Gasteiger partial charge in [0.1, 0.15) is 48.3 Å². The van der Waals surface area contributed by atoms with Crippen LogP contribution in [0.5, 0.6) is 5.75 Å². The van der Waals surface area contributed by atoms with Gasteiger partial charge in [-0.1, -0.05) is 63.3 Å². The quantitative estimate of drug-likeness (QED) is 0.0216. The van der Waals surface area contributed by atoms with Gasteiger partial charge in [0, 0.05) is 164 Å². The lowest BCUT2D eigenvalue weighted by Crippen LogP contribution is -2.54. The number of nitrogens with two attached hydrogens (primary N) is 1. The number of ketones is 2. The number of nitrogens with one attached hydrogen (secondary N) is 2. The maximum Gasteiger partial charge on any atom is 0.407 e. The van der Waals surface area contributed by atoms with Gasteiger partial charge in [-0.3, -0.25) is 33.7 Å². The van der Waals surface area contributed by atoms with Crippen LogP contribution in [0, 0.1) is 30.6 Å². The SMILES string of the molecule is CO[C@H]1CC2CCCC(O2)C(=O)C(=O)N2CCCC[C@H]2C(=O)O[C@H](CCC2CCC(OC(=O)NCc3cnc(N4CCN(C(=O)CCOCCN5CCN(c6ncc(C(=O)NCCS(=O)(=O)c7ccc(C(=O)N8CCOc9ccc(-c%10ccc(N)nc%10)cc9C8)c(C)c7)cn6)CC5)CC4)nc3)CC2)CC[C@H](C)/C=C(\C)[C@@H](O)CC(=O)[C@H](C)C[C@H](C)/C=C/C=CC=C1C. The van der Waals surface area contributed by atoms with Crippen LogP contribution in [0.1, 0.15) is 188 Å². The first kappa shape index (κ1) is 95.7. The minimum absolute atomic E-state index is 0.00304. The Labute approximate surface area is 746 Å². The predicted octanol–water partition coefficient (Wildman–Crippen LogP) is 10.5. The van der Waals surface area contributed by atoms with Crippen LogP contribution in [-0.2, 0) is 70.6 Å². The first-order valence-electron chi connectivity index (χ1n) is 45.4. The average Bonchev–Trinajstić information content (AvgIpc) is 1.77. The van der Waals surface area contributed by atoms with Crippen molar-refractivity contribution in [3.63, 3.8) is 0 Å². The molecule has 9 atom stereocenters. The van der Waals surface area contributed by atoms with Gasteiger partial charge in [-0.25, -0.2) is 42.9 Å². The van der Waals surface area contributed by atoms with Crippen molar-refractivity contribution in [2.24, 2.45) is 23.7 Å². The summed E-state index contributed by atoms with van der Waals surface area (Å²) in [5.41, 5.74) is 11.8. The summed E-state index contributed by atoms with van der Waals surface area (Å²) in [7, 11) is -2.20. The fourth-order valence-corrected chi connectivity index (χ4v) is 19.0. The highest BCUT2D eigenvalue weighted by atomic mass is 32.2. The number of carbonyl (C=O) groups is 8. The van der Waals surface area contributed by atoms with Crippen molar-refractivity contribution in [3.8, 4) is 16.9 Å². The zero-order valence-corrected chi connectivity index (χ0v) is 75.5. The van der Waals surface area contributed by atoms with E-state index in [0.29, 0.717) is 202 Å². The topological polar surface area (TPSA) is 380 Å². The number of cyclic esters (lactones) is 1. The van der Waals surface area contributed by atoms with Crippen molar-refractivity contribution in [1.82, 2.24) is 55.2 Å². The molecule has 0 radical (unpaired) electrons. The molecule has 5 amide bonds. The molecule has 686 valence electrons. The number of allylic oxidation sites excluding steroid dienone is 6. The number of hydrogen-bond acceptors (Lipinski definition) is 26. The summed E-state index contributed by atoms with van der Waals surface area (Å²) in [4.78, 5) is 143. The van der Waals surface area contributed by atoms with Gasteiger partial charge in [-0.2, -0.15) is 0 Å². The molecule has 0 spiro atoms. The zero-order valence-electron chi connectivity index (χ0n) is 74.7. The number of pyridine rings is 1. The Morgan fingerprint density at radius 1 is 0.685 bits per heavy atom. The molecule has 7 aliphatic rings. The first-order chi connectivity index (χ1) is 61.2. The molecule has 12 rings (SSSR count). The number of aromatic nitrogens is 5. The summed E-state index contributed by atoms with van der Waals surface area (Å²) < 4.78 is 63.6. The highest BCUT2D eigenvalue weighted by molar-refractivity contribution is 7.91. The Balaban J connectivity index is 0.517. The molecule has 1 aliphatic carbocycles. The highest BCUT2D eigenvalue weighted by Crippen LogP contribution is 2.36. The highest BCUT2D eigenvalue weighted by Gasteiger charge is 2.42. The molecule has 5 fully saturated rings. The lowest BCUT2D eigenvalue weighted by atomic mass is 9.83. The molecule has 32 heteroatoms. The van der Waals surface area contributed by atoms with E-state index < -0.39 is 63.9 Å². The van der Waals surface area contributed by atoms with Gasteiger partial charge < -0.3 is 74.4 Å². The molecule has 5 aromatic rings. The zero-order chi connectivity index (χ0) is 90.1. The normalized spacial score (nSPS) is 25.2. The van der Waals surface area contributed by atoms with E-state index in [1.165, 1.54) is 35.5 Å². The molecule has 5 N–H and O–H groups in total. The fraction of sp³-hybridized carbons (Fsp3) is 0.568. The number of aliphatic hydroxyl groups is 1. The molecule has 2 unspecified atom stereocenters. The van der Waals surface area contributed by atoms with E-state index in [9.17, 15) is 51.9 Å². The van der Waals surface area contributed by atoms with Gasteiger partial charge in [0.05, 0.1) is 60.7 Å². The molecule has 31 nitrogen and oxygen atoms in total. The third kappa shape index (κ3) is 27.6. The van der Waals surface area contributed by atoms with Gasteiger partial charge in [0.25, 0.3) is 17.7 Å². The van der Waals surface area contributed by atoms with Crippen molar-refractivity contribution in [1.29, 1.82) is 0 Å². The number of Topliss-reactive ketones (excluding diaryl/α,β-unsaturated/α-hetero) is 2. The minimum atomic E-state index is -3.85. The monoisotopic (exact) mass is 1770 g/mol. The number of rotatable bonds is 22. The Hall–Kier alpha value is -10.4. The second-order valence-electron chi connectivity index (χ2n) is 35.1. The summed E-state index contributed by atoms with van der Waals surface area (Å²) >= 11 is 0. The first-order valence-corrected chi connectivity index (χ1v) is 47.0. The number of nitrogen functional groups attached to an aromatic ring is 1. The standard InChI is InChI=1S/C95H128N14O17S/c1-63-14-9-8-10-15-65(3)85(121-7)54-77-16-13-18-84(124-77)88(113)91(116)109-35-12-11-17-80(109)92(117)125-75(25-19-64(2)51-68(6)82(111)55-81(110)67(5)50-63)26-20-69-21-27-76(28-22-69)126-95(118)103-58-70-56-99-93(100-57-70)107-42-40-105(41-43-107)87(112)33-46-122-47-44-104-36-38-106(39-37-104)94-101-60-74(61-102-94)89(114)97-34-49-127(119,120)78-29-30-79(66(4)52-78)90(115)108-45-48-123-83-31-23-71(53-73(83)62-108)72-24-32-86(96)98-59-72/h8-10,14-15,23-24,29-32,51-53,56-57,59-61,63-64,67,69,75-77,80,82,84-85,111H,11-13,16-22,25-28,33-50,54-55,58,62H2,1-7H3,(H2,96,98)(H,97,114)(H,103,118)/b10-8?,14-9+,65-15?,68-51+/t63-,64+,67-,69?,75+,76?,77?,80+,82+,84?,85+/m1/s1.